The van der Waals surface area contributed by atoms with E-state index in [1.807, 2.05) is 36.4 Å². The molecule has 0 aliphatic carbocycles. The molecule has 3 rings (SSSR count). The largest absolute Gasteiger partial charge is 0.508 e. The summed E-state index contributed by atoms with van der Waals surface area (Å²) in [5, 5.41) is 11.5. The maximum Gasteiger partial charge on any atom is 0.131 e. The minimum absolute atomic E-state index is 0.256. The van der Waals surface area contributed by atoms with Crippen molar-refractivity contribution in [3.63, 3.8) is 0 Å². The van der Waals surface area contributed by atoms with Crippen LogP contribution in [0.3, 0.4) is 0 Å². The van der Waals surface area contributed by atoms with Crippen LogP contribution >= 0.6 is 0 Å². The molecule has 0 aliphatic heterocycles. The van der Waals surface area contributed by atoms with Gasteiger partial charge in [0.2, 0.25) is 0 Å². The van der Waals surface area contributed by atoms with E-state index in [-0.39, 0.29) is 5.75 Å². The highest BCUT2D eigenvalue weighted by Gasteiger charge is 2.06. The molecular formula is C15H12N2O. The Morgan fingerprint density at radius 2 is 1.78 bits per heavy atom. The van der Waals surface area contributed by atoms with Crippen molar-refractivity contribution >= 4 is 16.6 Å². The average Bonchev–Trinajstić information content (AvgIpc) is 2.39. The molecule has 3 heteroatoms. The first kappa shape index (κ1) is 10.6. The fraction of sp³-hybridized carbons (Fsp3) is 0. The van der Waals surface area contributed by atoms with Gasteiger partial charge in [-0.05, 0) is 34.7 Å². The van der Waals surface area contributed by atoms with E-state index in [4.69, 9.17) is 5.73 Å². The second-order valence-corrected chi connectivity index (χ2v) is 4.15. The van der Waals surface area contributed by atoms with Crippen molar-refractivity contribution in [3.8, 4) is 16.9 Å². The zero-order valence-electron chi connectivity index (χ0n) is 9.67. The number of nitrogen functional groups attached to an aromatic ring is 1. The monoisotopic (exact) mass is 236 g/mol. The lowest BCUT2D eigenvalue weighted by molar-refractivity contribution is 0.475. The zero-order chi connectivity index (χ0) is 12.5. The van der Waals surface area contributed by atoms with Crippen LogP contribution in [0, 0.1) is 0 Å². The molecule has 0 aliphatic rings. The highest BCUT2D eigenvalue weighted by atomic mass is 16.3. The van der Waals surface area contributed by atoms with Crippen LogP contribution in [0.15, 0.2) is 54.7 Å². The summed E-state index contributed by atoms with van der Waals surface area (Å²) in [4.78, 5) is 4.09. The molecule has 88 valence electrons. The summed E-state index contributed by atoms with van der Waals surface area (Å²) in [6, 6.07) is 15.0. The van der Waals surface area contributed by atoms with Gasteiger partial charge in [-0.2, -0.15) is 0 Å². The summed E-state index contributed by atoms with van der Waals surface area (Å²) in [5.41, 5.74) is 7.88. The quantitative estimate of drug-likeness (QED) is 0.682. The number of phenols is 1. The number of hydrogen-bond acceptors (Lipinski definition) is 3. The Morgan fingerprint density at radius 1 is 0.944 bits per heavy atom. The highest BCUT2D eigenvalue weighted by Crippen LogP contribution is 2.31. The molecule has 0 radical (unpaired) electrons. The highest BCUT2D eigenvalue weighted by molar-refractivity contribution is 6.01. The van der Waals surface area contributed by atoms with Gasteiger partial charge in [0, 0.05) is 11.6 Å². The Hall–Kier alpha value is -2.55. The molecule has 0 fully saturated rings. The average molecular weight is 236 g/mol. The van der Waals surface area contributed by atoms with Gasteiger partial charge in [0.05, 0.1) is 0 Å². The van der Waals surface area contributed by atoms with Crippen LogP contribution in [-0.4, -0.2) is 10.1 Å². The van der Waals surface area contributed by atoms with Gasteiger partial charge in [-0.15, -0.1) is 0 Å². The number of rotatable bonds is 1. The third-order valence-electron chi connectivity index (χ3n) is 2.99. The van der Waals surface area contributed by atoms with Crippen molar-refractivity contribution < 1.29 is 5.11 Å². The van der Waals surface area contributed by atoms with E-state index in [1.165, 1.54) is 0 Å². The van der Waals surface area contributed by atoms with E-state index in [9.17, 15) is 5.11 Å². The molecule has 1 aromatic heterocycles. The Bertz CT molecular complexity index is 723. The standard InChI is InChI=1S/C15H12N2O/c16-15-14-6-2-5-12(13(14)7-8-17-15)10-3-1-4-11(18)9-10/h1-9,18H,(H2,16,17). The molecule has 0 atom stereocenters. The van der Waals surface area contributed by atoms with E-state index >= 15 is 0 Å². The Labute approximate surface area is 105 Å². The lowest BCUT2D eigenvalue weighted by atomic mass is 9.99. The smallest absolute Gasteiger partial charge is 0.131 e. The molecule has 18 heavy (non-hydrogen) atoms. The minimum atomic E-state index is 0.256. The second-order valence-electron chi connectivity index (χ2n) is 4.15. The predicted octanol–water partition coefficient (Wildman–Crippen LogP) is 3.19. The summed E-state index contributed by atoms with van der Waals surface area (Å²) < 4.78 is 0. The minimum Gasteiger partial charge on any atom is -0.508 e. The molecule has 3 aromatic rings. The Kier molecular flexibility index (Phi) is 2.38. The number of hydrogen-bond donors (Lipinski definition) is 2. The van der Waals surface area contributed by atoms with Crippen molar-refractivity contribution in [1.82, 2.24) is 4.98 Å². The van der Waals surface area contributed by atoms with E-state index in [2.05, 4.69) is 4.98 Å². The van der Waals surface area contributed by atoms with Gasteiger partial charge < -0.3 is 10.8 Å². The molecule has 0 unspecified atom stereocenters. The van der Waals surface area contributed by atoms with Gasteiger partial charge in [0.1, 0.15) is 11.6 Å². The van der Waals surface area contributed by atoms with Crippen molar-refractivity contribution in [3.05, 3.63) is 54.7 Å². The summed E-state index contributed by atoms with van der Waals surface area (Å²) in [6.07, 6.45) is 1.70. The van der Waals surface area contributed by atoms with Crippen molar-refractivity contribution in [2.24, 2.45) is 0 Å². The van der Waals surface area contributed by atoms with Crippen LogP contribution in [-0.2, 0) is 0 Å². The van der Waals surface area contributed by atoms with Crippen LogP contribution in [0.4, 0.5) is 5.82 Å². The third-order valence-corrected chi connectivity index (χ3v) is 2.99. The van der Waals surface area contributed by atoms with Crippen LogP contribution in [0.1, 0.15) is 0 Å². The lowest BCUT2D eigenvalue weighted by Crippen LogP contribution is -1.91. The fourth-order valence-electron chi connectivity index (χ4n) is 2.15. The van der Waals surface area contributed by atoms with E-state index < -0.39 is 0 Å². The summed E-state index contributed by atoms with van der Waals surface area (Å²) in [5.74, 6) is 0.779. The molecule has 3 N–H and O–H groups in total. The number of benzene rings is 2. The Morgan fingerprint density at radius 3 is 2.61 bits per heavy atom. The number of anilines is 1. The van der Waals surface area contributed by atoms with Crippen molar-refractivity contribution in [2.45, 2.75) is 0 Å². The number of fused-ring (bicyclic) bond motifs is 1. The molecule has 0 bridgehead atoms. The van der Waals surface area contributed by atoms with Gasteiger partial charge in [-0.1, -0.05) is 30.3 Å². The summed E-state index contributed by atoms with van der Waals surface area (Å²) in [6.45, 7) is 0. The molecule has 1 heterocycles. The SMILES string of the molecule is Nc1nccc2c(-c3cccc(O)c3)cccc12. The first-order valence-electron chi connectivity index (χ1n) is 5.68. The van der Waals surface area contributed by atoms with Gasteiger partial charge in [0.15, 0.2) is 0 Å². The van der Waals surface area contributed by atoms with Gasteiger partial charge >= 0.3 is 0 Å². The maximum absolute atomic E-state index is 9.56. The third kappa shape index (κ3) is 1.66. The van der Waals surface area contributed by atoms with Crippen LogP contribution < -0.4 is 5.73 Å². The first-order chi connectivity index (χ1) is 8.75. The number of phenolic OH excluding ortho intramolecular Hbond substituents is 1. The molecule has 3 nitrogen and oxygen atoms in total. The van der Waals surface area contributed by atoms with Crippen molar-refractivity contribution in [1.29, 1.82) is 0 Å². The number of aromatic hydroxyl groups is 1. The molecule has 0 saturated carbocycles. The lowest BCUT2D eigenvalue weighted by Gasteiger charge is -2.08. The summed E-state index contributed by atoms with van der Waals surface area (Å²) in [7, 11) is 0. The van der Waals surface area contributed by atoms with Gasteiger partial charge in [-0.3, -0.25) is 0 Å². The predicted molar refractivity (Wildman–Crippen MR) is 73.3 cm³/mol. The first-order valence-corrected chi connectivity index (χ1v) is 5.68. The normalized spacial score (nSPS) is 10.7. The molecule has 0 spiro atoms. The van der Waals surface area contributed by atoms with Crippen LogP contribution in [0.5, 0.6) is 5.75 Å². The maximum atomic E-state index is 9.56. The van der Waals surface area contributed by atoms with Gasteiger partial charge in [0.25, 0.3) is 0 Å². The second kappa shape index (κ2) is 4.04. The number of nitrogens with zero attached hydrogens (tertiary/aromatic N) is 1. The number of nitrogens with two attached hydrogens (primary N) is 1. The van der Waals surface area contributed by atoms with Crippen LogP contribution in [0.2, 0.25) is 0 Å². The molecule has 0 saturated heterocycles. The Balaban J connectivity index is 2.33. The number of aromatic nitrogens is 1. The zero-order valence-corrected chi connectivity index (χ0v) is 9.67. The van der Waals surface area contributed by atoms with Gasteiger partial charge in [-0.25, -0.2) is 4.98 Å². The molecule has 2 aromatic carbocycles. The number of pyridine rings is 1. The van der Waals surface area contributed by atoms with Crippen LogP contribution in [0.25, 0.3) is 21.9 Å². The van der Waals surface area contributed by atoms with E-state index in [1.54, 1.807) is 18.3 Å². The summed E-state index contributed by atoms with van der Waals surface area (Å²) >= 11 is 0. The van der Waals surface area contributed by atoms with E-state index in [0.717, 1.165) is 21.9 Å². The molecular weight excluding hydrogens is 224 g/mol. The topological polar surface area (TPSA) is 59.1 Å². The molecule has 0 amide bonds. The fourth-order valence-corrected chi connectivity index (χ4v) is 2.15. The van der Waals surface area contributed by atoms with E-state index in [0.29, 0.717) is 5.82 Å². The van der Waals surface area contributed by atoms with Crippen molar-refractivity contribution in [2.75, 3.05) is 5.73 Å².